The highest BCUT2D eigenvalue weighted by molar-refractivity contribution is 6.35. The Morgan fingerprint density at radius 2 is 1.95 bits per heavy atom. The quantitative estimate of drug-likeness (QED) is 0.749. The number of hydrogen-bond donors (Lipinski definition) is 2. The second kappa shape index (κ2) is 4.40. The van der Waals surface area contributed by atoms with Gasteiger partial charge >= 0.3 is 5.97 Å². The summed E-state index contributed by atoms with van der Waals surface area (Å²) in [6, 6.07) is 8.51. The molecule has 3 aromatic rings. The lowest BCUT2D eigenvalue weighted by Crippen LogP contribution is -1.95. The summed E-state index contributed by atoms with van der Waals surface area (Å²) in [7, 11) is 0. The third kappa shape index (κ3) is 1.96. The Labute approximate surface area is 113 Å². The Balaban J connectivity index is 2.16. The fraction of sp³-hybridized carbons (Fsp3) is 0. The molecule has 2 aromatic heterocycles. The Hall–Kier alpha value is -2.33. The second-order valence-corrected chi connectivity index (χ2v) is 4.51. The summed E-state index contributed by atoms with van der Waals surface area (Å²) in [6.07, 6.45) is 3.38. The van der Waals surface area contributed by atoms with Gasteiger partial charge in [0.1, 0.15) is 0 Å². The van der Waals surface area contributed by atoms with Crippen LogP contribution >= 0.6 is 11.6 Å². The van der Waals surface area contributed by atoms with Crippen LogP contribution in [-0.4, -0.2) is 21.0 Å². The van der Waals surface area contributed by atoms with Gasteiger partial charge < -0.3 is 10.1 Å². The van der Waals surface area contributed by atoms with E-state index < -0.39 is 5.97 Å². The maximum absolute atomic E-state index is 10.8. The normalized spacial score (nSPS) is 10.8. The summed E-state index contributed by atoms with van der Waals surface area (Å²) in [5.74, 6) is -0.942. The molecule has 94 valence electrons. The summed E-state index contributed by atoms with van der Waals surface area (Å²) in [6.45, 7) is 0. The fourth-order valence-corrected chi connectivity index (χ4v) is 2.23. The molecule has 0 radical (unpaired) electrons. The van der Waals surface area contributed by atoms with Crippen molar-refractivity contribution in [1.82, 2.24) is 9.97 Å². The summed E-state index contributed by atoms with van der Waals surface area (Å²) >= 11 is 6.05. The summed E-state index contributed by atoms with van der Waals surface area (Å²) in [5.41, 5.74) is 2.71. The van der Waals surface area contributed by atoms with E-state index in [1.165, 1.54) is 0 Å². The van der Waals surface area contributed by atoms with Crippen molar-refractivity contribution in [2.45, 2.75) is 0 Å². The van der Waals surface area contributed by atoms with Crippen LogP contribution in [0, 0.1) is 0 Å². The number of aromatic nitrogens is 2. The number of benzene rings is 1. The van der Waals surface area contributed by atoms with Crippen LogP contribution in [0.4, 0.5) is 0 Å². The molecule has 19 heavy (non-hydrogen) atoms. The Morgan fingerprint density at radius 1 is 1.21 bits per heavy atom. The zero-order valence-corrected chi connectivity index (χ0v) is 10.5. The minimum atomic E-state index is -0.942. The van der Waals surface area contributed by atoms with E-state index in [1.807, 2.05) is 6.07 Å². The molecule has 0 unspecified atom stereocenters. The van der Waals surface area contributed by atoms with Gasteiger partial charge in [-0.1, -0.05) is 23.7 Å². The van der Waals surface area contributed by atoms with Gasteiger partial charge in [-0.2, -0.15) is 0 Å². The van der Waals surface area contributed by atoms with E-state index in [9.17, 15) is 4.79 Å². The largest absolute Gasteiger partial charge is 0.478 e. The Bertz CT molecular complexity index is 763. The zero-order chi connectivity index (χ0) is 13.4. The SMILES string of the molecule is O=C(O)c1ccc(-c2ncc(Cl)c3[nH]ccc23)cc1. The predicted octanol–water partition coefficient (Wildman–Crippen LogP) is 3.58. The molecule has 0 amide bonds. The first-order chi connectivity index (χ1) is 9.16. The molecule has 0 bridgehead atoms. The highest BCUT2D eigenvalue weighted by atomic mass is 35.5. The van der Waals surface area contributed by atoms with Crippen molar-refractivity contribution in [2.24, 2.45) is 0 Å². The Morgan fingerprint density at radius 3 is 2.63 bits per heavy atom. The van der Waals surface area contributed by atoms with Gasteiger partial charge in [0.2, 0.25) is 0 Å². The number of aromatic carboxylic acids is 1. The molecule has 3 rings (SSSR count). The van der Waals surface area contributed by atoms with Crippen LogP contribution in [0.5, 0.6) is 0 Å². The number of rotatable bonds is 2. The van der Waals surface area contributed by atoms with Crippen LogP contribution in [0.15, 0.2) is 42.7 Å². The number of fused-ring (bicyclic) bond motifs is 1. The fourth-order valence-electron chi connectivity index (χ4n) is 2.02. The number of halogens is 1. The molecule has 0 aliphatic heterocycles. The molecule has 2 heterocycles. The van der Waals surface area contributed by atoms with Crippen molar-refractivity contribution >= 4 is 28.5 Å². The molecule has 0 aliphatic rings. The van der Waals surface area contributed by atoms with Crippen molar-refractivity contribution in [3.05, 3.63) is 53.3 Å². The molecule has 0 saturated carbocycles. The highest BCUT2D eigenvalue weighted by Gasteiger charge is 2.10. The molecule has 0 saturated heterocycles. The summed E-state index contributed by atoms with van der Waals surface area (Å²) in [4.78, 5) is 18.2. The minimum absolute atomic E-state index is 0.253. The number of H-pyrrole nitrogens is 1. The minimum Gasteiger partial charge on any atom is -0.478 e. The number of aromatic amines is 1. The third-order valence-corrected chi connectivity index (χ3v) is 3.24. The summed E-state index contributed by atoms with van der Waals surface area (Å²) in [5, 5.41) is 10.4. The molecule has 0 atom stereocenters. The van der Waals surface area contributed by atoms with E-state index >= 15 is 0 Å². The molecule has 5 heteroatoms. The maximum Gasteiger partial charge on any atom is 0.335 e. The number of nitrogens with zero attached hydrogens (tertiary/aromatic N) is 1. The zero-order valence-electron chi connectivity index (χ0n) is 9.72. The molecular formula is C14H9ClN2O2. The Kier molecular flexibility index (Phi) is 2.72. The standard InChI is InChI=1S/C14H9ClN2O2/c15-11-7-17-12(10-5-6-16-13(10)11)8-1-3-9(4-2-8)14(18)19/h1-7,16H,(H,18,19). The molecular weight excluding hydrogens is 264 g/mol. The van der Waals surface area contributed by atoms with Gasteiger partial charge in [0.05, 0.1) is 21.8 Å². The second-order valence-electron chi connectivity index (χ2n) is 4.10. The molecule has 1 aromatic carbocycles. The van der Waals surface area contributed by atoms with Gasteiger partial charge in [0, 0.05) is 23.3 Å². The van der Waals surface area contributed by atoms with E-state index in [0.717, 1.165) is 22.2 Å². The predicted molar refractivity (Wildman–Crippen MR) is 73.5 cm³/mol. The number of carboxylic acid groups (broad SMARTS) is 1. The third-order valence-electron chi connectivity index (χ3n) is 2.95. The van der Waals surface area contributed by atoms with Gasteiger partial charge in [0.25, 0.3) is 0 Å². The summed E-state index contributed by atoms with van der Waals surface area (Å²) < 4.78 is 0. The van der Waals surface area contributed by atoms with Crippen LogP contribution in [0.2, 0.25) is 5.02 Å². The van der Waals surface area contributed by atoms with Crippen LogP contribution < -0.4 is 0 Å². The molecule has 4 nitrogen and oxygen atoms in total. The first-order valence-electron chi connectivity index (χ1n) is 5.62. The number of nitrogens with one attached hydrogen (secondary N) is 1. The maximum atomic E-state index is 10.8. The first-order valence-corrected chi connectivity index (χ1v) is 6.00. The van der Waals surface area contributed by atoms with Crippen molar-refractivity contribution in [1.29, 1.82) is 0 Å². The van der Waals surface area contributed by atoms with Crippen LogP contribution in [-0.2, 0) is 0 Å². The van der Waals surface area contributed by atoms with E-state index in [1.54, 1.807) is 36.7 Å². The highest BCUT2D eigenvalue weighted by Crippen LogP contribution is 2.30. The van der Waals surface area contributed by atoms with E-state index in [-0.39, 0.29) is 5.56 Å². The van der Waals surface area contributed by atoms with E-state index in [4.69, 9.17) is 16.7 Å². The lowest BCUT2D eigenvalue weighted by atomic mass is 10.1. The first kappa shape index (κ1) is 11.7. The molecule has 2 N–H and O–H groups in total. The van der Waals surface area contributed by atoms with Gasteiger partial charge in [0.15, 0.2) is 0 Å². The van der Waals surface area contributed by atoms with Crippen molar-refractivity contribution < 1.29 is 9.90 Å². The molecule has 0 spiro atoms. The number of carbonyl (C=O) groups is 1. The van der Waals surface area contributed by atoms with Gasteiger partial charge in [-0.05, 0) is 18.2 Å². The van der Waals surface area contributed by atoms with Gasteiger partial charge in [-0.25, -0.2) is 4.79 Å². The van der Waals surface area contributed by atoms with Gasteiger partial charge in [-0.3, -0.25) is 4.98 Å². The average Bonchev–Trinajstić information content (AvgIpc) is 2.89. The number of pyridine rings is 1. The van der Waals surface area contributed by atoms with Crippen molar-refractivity contribution in [3.63, 3.8) is 0 Å². The van der Waals surface area contributed by atoms with Crippen LogP contribution in [0.3, 0.4) is 0 Å². The number of carboxylic acids is 1. The monoisotopic (exact) mass is 272 g/mol. The molecule has 0 fully saturated rings. The lowest BCUT2D eigenvalue weighted by Gasteiger charge is -2.04. The van der Waals surface area contributed by atoms with Gasteiger partial charge in [-0.15, -0.1) is 0 Å². The average molecular weight is 273 g/mol. The van der Waals surface area contributed by atoms with Crippen LogP contribution in [0.1, 0.15) is 10.4 Å². The molecule has 0 aliphatic carbocycles. The van der Waals surface area contributed by atoms with Crippen molar-refractivity contribution in [2.75, 3.05) is 0 Å². The smallest absolute Gasteiger partial charge is 0.335 e. The number of hydrogen-bond acceptors (Lipinski definition) is 2. The lowest BCUT2D eigenvalue weighted by molar-refractivity contribution is 0.0697. The van der Waals surface area contributed by atoms with E-state index in [2.05, 4.69) is 9.97 Å². The topological polar surface area (TPSA) is 66.0 Å². The van der Waals surface area contributed by atoms with E-state index in [0.29, 0.717) is 5.02 Å². The van der Waals surface area contributed by atoms with Crippen molar-refractivity contribution in [3.8, 4) is 11.3 Å². The van der Waals surface area contributed by atoms with Crippen LogP contribution in [0.25, 0.3) is 22.2 Å².